The van der Waals surface area contributed by atoms with Gasteiger partial charge in [0.1, 0.15) is 0 Å². The average Bonchev–Trinajstić information content (AvgIpc) is 1.90. The Kier molecular flexibility index (Phi) is 2.29. The summed E-state index contributed by atoms with van der Waals surface area (Å²) in [7, 11) is 0. The SMILES string of the molecule is [BiH2][NH]c1ccccc1. The van der Waals surface area contributed by atoms with Crippen molar-refractivity contribution >= 4 is 30.7 Å². The second-order valence-corrected chi connectivity index (χ2v) is 2.63. The zero-order chi connectivity index (χ0) is 5.82. The van der Waals surface area contributed by atoms with E-state index < -0.39 is 0 Å². The molecule has 0 bridgehead atoms. The van der Waals surface area contributed by atoms with Crippen molar-refractivity contribution in [1.29, 1.82) is 0 Å². The van der Waals surface area contributed by atoms with Crippen molar-refractivity contribution < 1.29 is 0 Å². The molecular weight excluding hydrogens is 295 g/mol. The average molecular weight is 303 g/mol. The van der Waals surface area contributed by atoms with Crippen LogP contribution in [-0.4, -0.2) is 25.0 Å². The Bertz CT molecular complexity index is 150. The molecule has 0 aliphatic carbocycles. The predicted molar refractivity (Wildman–Crippen MR) is 38.6 cm³/mol. The van der Waals surface area contributed by atoms with Gasteiger partial charge in [-0.15, -0.1) is 0 Å². The molecule has 2 heteroatoms. The van der Waals surface area contributed by atoms with Gasteiger partial charge in [0.15, 0.2) is 0 Å². The molecule has 1 rings (SSSR count). The van der Waals surface area contributed by atoms with Crippen LogP contribution in [0.1, 0.15) is 0 Å². The molecule has 0 aromatic heterocycles. The van der Waals surface area contributed by atoms with Gasteiger partial charge in [0.25, 0.3) is 0 Å². The second-order valence-electron chi connectivity index (χ2n) is 1.51. The molecule has 0 heterocycles. The van der Waals surface area contributed by atoms with Gasteiger partial charge in [-0.2, -0.15) is 0 Å². The Labute approximate surface area is 64.4 Å². The minimum atomic E-state index is 0.849. The standard InChI is InChI=1S/C6H6N.Bi.2H/c7-6-4-2-1-3-5-6;;;/h1-5,7H;;;/q-1;+1;;. The van der Waals surface area contributed by atoms with Crippen molar-refractivity contribution in [2.45, 2.75) is 0 Å². The number of hydrogen-bond donors (Lipinski definition) is 1. The Morgan fingerprint density at radius 1 is 1.12 bits per heavy atom. The molecule has 0 spiro atoms. The van der Waals surface area contributed by atoms with Crippen molar-refractivity contribution in [3.8, 4) is 0 Å². The van der Waals surface area contributed by atoms with E-state index in [0.29, 0.717) is 0 Å². The number of nitrogens with one attached hydrogen (secondary N) is 1. The molecule has 0 saturated carbocycles. The summed E-state index contributed by atoms with van der Waals surface area (Å²) in [4.78, 5) is 0. The molecule has 1 aromatic carbocycles. The summed E-state index contributed by atoms with van der Waals surface area (Å²) < 4.78 is 3.19. The number of para-hydroxylation sites is 1. The summed E-state index contributed by atoms with van der Waals surface area (Å²) in [6.07, 6.45) is 0. The summed E-state index contributed by atoms with van der Waals surface area (Å²) in [6.45, 7) is 0. The third-order valence-electron chi connectivity index (χ3n) is 0.940. The van der Waals surface area contributed by atoms with Crippen molar-refractivity contribution in [3.63, 3.8) is 0 Å². The number of benzene rings is 1. The number of anilines is 1. The van der Waals surface area contributed by atoms with Gasteiger partial charge < -0.3 is 0 Å². The fourth-order valence-corrected chi connectivity index (χ4v) is 1.28. The quantitative estimate of drug-likeness (QED) is 0.751. The normalized spacial score (nSPS) is 8.62. The maximum absolute atomic E-state index is 3.19. The van der Waals surface area contributed by atoms with Crippen molar-refractivity contribution in [1.82, 2.24) is 0 Å². The van der Waals surface area contributed by atoms with Crippen molar-refractivity contribution in [3.05, 3.63) is 30.3 Å². The van der Waals surface area contributed by atoms with Crippen LogP contribution < -0.4 is 3.26 Å². The molecule has 0 unspecified atom stereocenters. The molecule has 1 nitrogen and oxygen atoms in total. The van der Waals surface area contributed by atoms with E-state index in [1.165, 1.54) is 5.69 Å². The molecule has 42 valence electrons. The summed E-state index contributed by atoms with van der Waals surface area (Å²) in [5.41, 5.74) is 1.23. The summed E-state index contributed by atoms with van der Waals surface area (Å²) in [6, 6.07) is 10.2. The number of hydrogen-bond acceptors (Lipinski definition) is 1. The Hall–Kier alpha value is -0.0969. The third-order valence-corrected chi connectivity index (χ3v) is 2.24. The topological polar surface area (TPSA) is 12.0 Å². The van der Waals surface area contributed by atoms with Gasteiger partial charge in [0.05, 0.1) is 0 Å². The van der Waals surface area contributed by atoms with Crippen LogP contribution in [0.5, 0.6) is 0 Å². The van der Waals surface area contributed by atoms with E-state index in [1.54, 1.807) is 0 Å². The fourth-order valence-electron chi connectivity index (χ4n) is 0.534. The van der Waals surface area contributed by atoms with Gasteiger partial charge >= 0.3 is 64.3 Å². The number of rotatable bonds is 1. The molecule has 1 N–H and O–H groups in total. The first-order valence-electron chi connectivity index (χ1n) is 2.45. The summed E-state index contributed by atoms with van der Waals surface area (Å²) in [5.74, 6) is 0. The van der Waals surface area contributed by atoms with Crippen LogP contribution in [0.4, 0.5) is 5.69 Å². The Morgan fingerprint density at radius 2 is 1.75 bits per heavy atom. The van der Waals surface area contributed by atoms with Crippen molar-refractivity contribution in [2.75, 3.05) is 3.26 Å². The van der Waals surface area contributed by atoms with Crippen molar-refractivity contribution in [2.24, 2.45) is 0 Å². The first kappa shape index (κ1) is 6.03. The van der Waals surface area contributed by atoms with E-state index in [1.807, 2.05) is 18.2 Å². The molecule has 0 fully saturated rings. The van der Waals surface area contributed by atoms with E-state index in [4.69, 9.17) is 0 Å². The van der Waals surface area contributed by atoms with Crippen LogP contribution in [0, 0.1) is 0 Å². The fraction of sp³-hybridized carbons (Fsp3) is 0. The van der Waals surface area contributed by atoms with Gasteiger partial charge in [-0.05, 0) is 0 Å². The van der Waals surface area contributed by atoms with Gasteiger partial charge in [-0.25, -0.2) is 0 Å². The van der Waals surface area contributed by atoms with Crippen LogP contribution >= 0.6 is 0 Å². The first-order chi connectivity index (χ1) is 3.93. The van der Waals surface area contributed by atoms with Gasteiger partial charge in [0, 0.05) is 0 Å². The van der Waals surface area contributed by atoms with Gasteiger partial charge in [0.2, 0.25) is 0 Å². The van der Waals surface area contributed by atoms with E-state index >= 15 is 0 Å². The third kappa shape index (κ3) is 1.45. The minimum absolute atomic E-state index is 0.849. The van der Waals surface area contributed by atoms with E-state index in [0.717, 1.165) is 25.0 Å². The molecule has 1 aromatic rings. The molecule has 0 saturated heterocycles. The molecule has 0 amide bonds. The predicted octanol–water partition coefficient (Wildman–Crippen LogP) is 0.647. The monoisotopic (exact) mass is 303 g/mol. The molecule has 0 aliphatic rings. The Morgan fingerprint density at radius 3 is 2.12 bits per heavy atom. The van der Waals surface area contributed by atoms with E-state index in [9.17, 15) is 0 Å². The molecule has 8 heavy (non-hydrogen) atoms. The van der Waals surface area contributed by atoms with Gasteiger partial charge in [-0.3, -0.25) is 0 Å². The van der Waals surface area contributed by atoms with Crippen LogP contribution in [0.25, 0.3) is 0 Å². The zero-order valence-corrected chi connectivity index (χ0v) is 8.95. The summed E-state index contributed by atoms with van der Waals surface area (Å²) in [5, 5.41) is 0. The molecular formula is C6H8BiN. The molecule has 0 radical (unpaired) electrons. The molecule has 0 aliphatic heterocycles. The second kappa shape index (κ2) is 3.03. The van der Waals surface area contributed by atoms with Crippen LogP contribution in [0.2, 0.25) is 0 Å². The zero-order valence-electron chi connectivity index (χ0n) is 4.46. The first-order valence-corrected chi connectivity index (χ1v) is 4.69. The van der Waals surface area contributed by atoms with E-state index in [2.05, 4.69) is 15.4 Å². The van der Waals surface area contributed by atoms with E-state index in [-0.39, 0.29) is 0 Å². The molecule has 0 atom stereocenters. The van der Waals surface area contributed by atoms with Crippen LogP contribution in [0.15, 0.2) is 30.3 Å². The summed E-state index contributed by atoms with van der Waals surface area (Å²) >= 11 is 0.849. The van der Waals surface area contributed by atoms with Crippen LogP contribution in [0.3, 0.4) is 0 Å². The van der Waals surface area contributed by atoms with Gasteiger partial charge in [-0.1, -0.05) is 0 Å². The maximum atomic E-state index is 3.19. The Balaban J connectivity index is 2.83. The van der Waals surface area contributed by atoms with Crippen LogP contribution in [-0.2, 0) is 0 Å².